The number of rotatable bonds is 8. The molecule has 0 radical (unpaired) electrons. The van der Waals surface area contributed by atoms with Crippen molar-refractivity contribution in [1.29, 1.82) is 0 Å². The van der Waals surface area contributed by atoms with Crippen LogP contribution in [0.4, 0.5) is 57.1 Å². The van der Waals surface area contributed by atoms with Crippen LogP contribution < -0.4 is 0 Å². The van der Waals surface area contributed by atoms with E-state index >= 15 is 0 Å². The molecular formula is C9H5F13O. The highest BCUT2D eigenvalue weighted by molar-refractivity contribution is 5.55. The minimum Gasteiger partial charge on any atom is -0.300 e. The lowest BCUT2D eigenvalue weighted by Gasteiger charge is -2.39. The lowest BCUT2D eigenvalue weighted by Crippen LogP contribution is -2.68. The summed E-state index contributed by atoms with van der Waals surface area (Å²) in [7, 11) is 0. The molecule has 0 fully saturated rings. The van der Waals surface area contributed by atoms with Crippen LogP contribution in [-0.4, -0.2) is 48.5 Å². The van der Waals surface area contributed by atoms with Crippen molar-refractivity contribution in [2.24, 2.45) is 0 Å². The largest absolute Gasteiger partial charge is 0.384 e. The maximum Gasteiger partial charge on any atom is 0.384 e. The SMILES string of the molecule is O=CC(F)CC(F)(F)C(F)(F)C(F)(F)C(F)(F)C(F)(F)C(F)F. The van der Waals surface area contributed by atoms with Gasteiger partial charge in [-0.1, -0.05) is 0 Å². The van der Waals surface area contributed by atoms with Crippen molar-refractivity contribution in [2.75, 3.05) is 0 Å². The Morgan fingerprint density at radius 1 is 0.696 bits per heavy atom. The first-order chi connectivity index (χ1) is 9.90. The van der Waals surface area contributed by atoms with E-state index in [4.69, 9.17) is 0 Å². The van der Waals surface area contributed by atoms with Crippen molar-refractivity contribution in [3.8, 4) is 0 Å². The Labute approximate surface area is 118 Å². The average molecular weight is 376 g/mol. The zero-order valence-electron chi connectivity index (χ0n) is 10.3. The Morgan fingerprint density at radius 3 is 1.39 bits per heavy atom. The van der Waals surface area contributed by atoms with Gasteiger partial charge in [0.1, 0.15) is 0 Å². The molecule has 1 unspecified atom stereocenters. The summed E-state index contributed by atoms with van der Waals surface area (Å²) in [5.74, 6) is -36.2. The molecule has 0 aromatic heterocycles. The summed E-state index contributed by atoms with van der Waals surface area (Å²) >= 11 is 0. The molecule has 0 aromatic carbocycles. The Kier molecular flexibility index (Phi) is 5.68. The number of hydrogen-bond donors (Lipinski definition) is 0. The van der Waals surface area contributed by atoms with Gasteiger partial charge in [-0.25, -0.2) is 13.2 Å². The summed E-state index contributed by atoms with van der Waals surface area (Å²) in [4.78, 5) is 9.70. The second-order valence-electron chi connectivity index (χ2n) is 4.21. The van der Waals surface area contributed by atoms with Gasteiger partial charge in [-0.3, -0.25) is 0 Å². The van der Waals surface area contributed by atoms with Crippen LogP contribution in [0.5, 0.6) is 0 Å². The first-order valence-electron chi connectivity index (χ1n) is 5.16. The van der Waals surface area contributed by atoms with E-state index in [0.717, 1.165) is 0 Å². The smallest absolute Gasteiger partial charge is 0.300 e. The van der Waals surface area contributed by atoms with Crippen LogP contribution in [-0.2, 0) is 4.79 Å². The van der Waals surface area contributed by atoms with Gasteiger partial charge >= 0.3 is 36.0 Å². The highest BCUT2D eigenvalue weighted by atomic mass is 19.4. The Hall–Kier alpha value is -1.24. The summed E-state index contributed by atoms with van der Waals surface area (Å²) in [6, 6.07) is 0. The van der Waals surface area contributed by atoms with E-state index in [0.29, 0.717) is 0 Å². The lowest BCUT2D eigenvalue weighted by molar-refractivity contribution is -0.413. The summed E-state index contributed by atoms with van der Waals surface area (Å²) in [6.45, 7) is 0. The monoisotopic (exact) mass is 376 g/mol. The molecule has 0 amide bonds. The standard InChI is InChI=1S/C9H5F13O/c10-3(2-23)1-5(13,14)7(17,18)9(21,22)8(19,20)6(15,16)4(11)12/h2-4H,1H2. The Balaban J connectivity index is 6.01. The van der Waals surface area contributed by atoms with E-state index in [1.165, 1.54) is 0 Å². The molecule has 0 aliphatic heterocycles. The third kappa shape index (κ3) is 3.20. The Bertz CT molecular complexity index is 429. The highest BCUT2D eigenvalue weighted by Crippen LogP contribution is 2.58. The minimum absolute atomic E-state index is 1.08. The van der Waals surface area contributed by atoms with Crippen molar-refractivity contribution >= 4 is 6.29 Å². The Morgan fingerprint density at radius 2 is 1.09 bits per heavy atom. The second-order valence-corrected chi connectivity index (χ2v) is 4.21. The molecule has 0 spiro atoms. The topological polar surface area (TPSA) is 17.1 Å². The van der Waals surface area contributed by atoms with Crippen LogP contribution >= 0.6 is 0 Å². The van der Waals surface area contributed by atoms with Crippen LogP contribution in [0.25, 0.3) is 0 Å². The number of carbonyl (C=O) groups is 1. The van der Waals surface area contributed by atoms with E-state index in [9.17, 15) is 61.9 Å². The number of aldehydes is 1. The first kappa shape index (κ1) is 21.8. The number of hydrogen-bond acceptors (Lipinski definition) is 1. The van der Waals surface area contributed by atoms with Crippen LogP contribution in [0.2, 0.25) is 0 Å². The third-order valence-electron chi connectivity index (χ3n) is 2.54. The molecule has 0 saturated carbocycles. The van der Waals surface area contributed by atoms with Gasteiger partial charge in [0.2, 0.25) is 0 Å². The number of carbonyl (C=O) groups excluding carboxylic acids is 1. The number of halogens is 13. The third-order valence-corrected chi connectivity index (χ3v) is 2.54. The molecule has 0 rings (SSSR count). The molecule has 0 aliphatic rings. The average Bonchev–Trinajstić information content (AvgIpc) is 2.36. The summed E-state index contributed by atoms with van der Waals surface area (Å²) in [5, 5.41) is 0. The molecule has 1 nitrogen and oxygen atoms in total. The van der Waals surface area contributed by atoms with Crippen molar-refractivity contribution in [3.63, 3.8) is 0 Å². The fourth-order valence-corrected chi connectivity index (χ4v) is 1.19. The van der Waals surface area contributed by atoms with Gasteiger partial charge in [0.05, 0.1) is 6.42 Å². The summed E-state index contributed by atoms with van der Waals surface area (Å²) in [5.41, 5.74) is 0. The zero-order chi connectivity index (χ0) is 19.1. The molecule has 0 aliphatic carbocycles. The molecular weight excluding hydrogens is 371 g/mol. The molecule has 14 heteroatoms. The van der Waals surface area contributed by atoms with E-state index in [1.807, 2.05) is 0 Å². The summed E-state index contributed by atoms with van der Waals surface area (Å²) < 4.78 is 163. The molecule has 1 atom stereocenters. The van der Waals surface area contributed by atoms with Crippen LogP contribution in [0, 0.1) is 0 Å². The molecule has 23 heavy (non-hydrogen) atoms. The fraction of sp³-hybridized carbons (Fsp3) is 0.889. The predicted octanol–water partition coefficient (Wildman–Crippen LogP) is 4.36. The van der Waals surface area contributed by atoms with Gasteiger partial charge in [0.15, 0.2) is 12.5 Å². The molecule has 0 aromatic rings. The number of alkyl halides is 13. The lowest BCUT2D eigenvalue weighted by atomic mass is 9.92. The molecule has 0 saturated heterocycles. The van der Waals surface area contributed by atoms with Gasteiger partial charge in [0, 0.05) is 0 Å². The maximum absolute atomic E-state index is 12.9. The molecule has 138 valence electrons. The summed E-state index contributed by atoms with van der Waals surface area (Å²) in [6.07, 6.45) is -13.3. The van der Waals surface area contributed by atoms with Crippen molar-refractivity contribution in [2.45, 2.75) is 48.6 Å². The molecule has 0 N–H and O–H groups in total. The van der Waals surface area contributed by atoms with Gasteiger partial charge in [-0.05, 0) is 0 Å². The van der Waals surface area contributed by atoms with Crippen molar-refractivity contribution < 1.29 is 61.9 Å². The van der Waals surface area contributed by atoms with Gasteiger partial charge in [-0.2, -0.15) is 43.9 Å². The first-order valence-corrected chi connectivity index (χ1v) is 5.16. The van der Waals surface area contributed by atoms with Crippen molar-refractivity contribution in [3.05, 3.63) is 0 Å². The fourth-order valence-electron chi connectivity index (χ4n) is 1.19. The second kappa shape index (κ2) is 6.00. The van der Waals surface area contributed by atoms with E-state index in [-0.39, 0.29) is 0 Å². The normalized spacial score (nSPS) is 16.6. The molecule has 0 heterocycles. The molecule has 0 bridgehead atoms. The van der Waals surface area contributed by atoms with E-state index in [2.05, 4.69) is 0 Å². The van der Waals surface area contributed by atoms with Crippen LogP contribution in [0.1, 0.15) is 6.42 Å². The minimum atomic E-state index is -7.70. The van der Waals surface area contributed by atoms with Gasteiger partial charge in [-0.15, -0.1) is 0 Å². The highest BCUT2D eigenvalue weighted by Gasteiger charge is 2.87. The van der Waals surface area contributed by atoms with Crippen LogP contribution in [0.15, 0.2) is 0 Å². The van der Waals surface area contributed by atoms with E-state index < -0.39 is 54.9 Å². The van der Waals surface area contributed by atoms with Crippen LogP contribution in [0.3, 0.4) is 0 Å². The van der Waals surface area contributed by atoms with Gasteiger partial charge < -0.3 is 4.79 Å². The van der Waals surface area contributed by atoms with Crippen molar-refractivity contribution in [1.82, 2.24) is 0 Å². The van der Waals surface area contributed by atoms with Gasteiger partial charge in [0.25, 0.3) is 0 Å². The zero-order valence-corrected chi connectivity index (χ0v) is 10.3. The maximum atomic E-state index is 12.9. The predicted molar refractivity (Wildman–Crippen MR) is 46.3 cm³/mol. The van der Waals surface area contributed by atoms with E-state index in [1.54, 1.807) is 0 Å². The quantitative estimate of drug-likeness (QED) is 0.455.